The standard InChI is InChI=1S/C14H14ClNO3S/c1-20(18,19)11-5-2-4-10(8-11)16-9-12-13(15)6-3-7-14(12)17/h2-8,16-17H,9H2,1H3. The maximum atomic E-state index is 11.5. The zero-order valence-electron chi connectivity index (χ0n) is 10.8. The van der Waals surface area contributed by atoms with Gasteiger partial charge in [-0.25, -0.2) is 8.42 Å². The summed E-state index contributed by atoms with van der Waals surface area (Å²) in [6, 6.07) is 11.4. The largest absolute Gasteiger partial charge is 0.508 e. The van der Waals surface area contributed by atoms with Gasteiger partial charge in [-0.05, 0) is 30.3 Å². The fourth-order valence-corrected chi connectivity index (χ4v) is 2.65. The molecule has 0 heterocycles. The van der Waals surface area contributed by atoms with Crippen molar-refractivity contribution in [3.05, 3.63) is 53.1 Å². The van der Waals surface area contributed by atoms with Crippen LogP contribution in [0.2, 0.25) is 5.02 Å². The SMILES string of the molecule is CS(=O)(=O)c1cccc(NCc2c(O)cccc2Cl)c1. The van der Waals surface area contributed by atoms with Crippen molar-refractivity contribution in [2.75, 3.05) is 11.6 Å². The van der Waals surface area contributed by atoms with Crippen molar-refractivity contribution in [1.82, 2.24) is 0 Å². The summed E-state index contributed by atoms with van der Waals surface area (Å²) in [6.45, 7) is 0.304. The molecule has 0 saturated carbocycles. The highest BCUT2D eigenvalue weighted by Gasteiger charge is 2.09. The predicted octanol–water partition coefficient (Wildman–Crippen LogP) is 3.06. The Labute approximate surface area is 122 Å². The van der Waals surface area contributed by atoms with Gasteiger partial charge in [0.15, 0.2) is 9.84 Å². The number of phenolic OH excluding ortho intramolecular Hbond substituents is 1. The normalized spacial score (nSPS) is 11.3. The van der Waals surface area contributed by atoms with E-state index in [0.29, 0.717) is 22.8 Å². The van der Waals surface area contributed by atoms with E-state index in [-0.39, 0.29) is 10.6 Å². The number of phenols is 1. The van der Waals surface area contributed by atoms with Crippen molar-refractivity contribution in [1.29, 1.82) is 0 Å². The van der Waals surface area contributed by atoms with Gasteiger partial charge in [-0.3, -0.25) is 0 Å². The van der Waals surface area contributed by atoms with Crippen LogP contribution in [0.4, 0.5) is 5.69 Å². The third-order valence-corrected chi connectivity index (χ3v) is 4.29. The van der Waals surface area contributed by atoms with Gasteiger partial charge in [0.2, 0.25) is 0 Å². The average molecular weight is 312 g/mol. The summed E-state index contributed by atoms with van der Waals surface area (Å²) in [5.41, 5.74) is 1.21. The fraction of sp³-hybridized carbons (Fsp3) is 0.143. The van der Waals surface area contributed by atoms with Crippen molar-refractivity contribution in [2.45, 2.75) is 11.4 Å². The highest BCUT2D eigenvalue weighted by atomic mass is 35.5. The molecule has 106 valence electrons. The molecule has 4 nitrogen and oxygen atoms in total. The second-order valence-corrected chi connectivity index (χ2v) is 6.81. The summed E-state index contributed by atoms with van der Waals surface area (Å²) in [6.07, 6.45) is 1.16. The van der Waals surface area contributed by atoms with Gasteiger partial charge in [0.25, 0.3) is 0 Å². The van der Waals surface area contributed by atoms with Crippen LogP contribution in [0, 0.1) is 0 Å². The third-order valence-electron chi connectivity index (χ3n) is 2.83. The summed E-state index contributed by atoms with van der Waals surface area (Å²) >= 11 is 6.00. The Morgan fingerprint density at radius 2 is 1.90 bits per heavy atom. The Hall–Kier alpha value is -1.72. The summed E-state index contributed by atoms with van der Waals surface area (Å²) in [7, 11) is -3.24. The van der Waals surface area contributed by atoms with Crippen LogP contribution in [0.15, 0.2) is 47.4 Å². The Bertz CT molecular complexity index is 709. The Kier molecular flexibility index (Phi) is 4.20. The van der Waals surface area contributed by atoms with Crippen LogP contribution >= 0.6 is 11.6 Å². The molecule has 0 aliphatic carbocycles. The van der Waals surface area contributed by atoms with Gasteiger partial charge in [0, 0.05) is 29.1 Å². The topological polar surface area (TPSA) is 66.4 Å². The van der Waals surface area contributed by atoms with Crippen LogP contribution in [-0.4, -0.2) is 19.8 Å². The lowest BCUT2D eigenvalue weighted by Crippen LogP contribution is -2.02. The molecule has 0 aliphatic rings. The summed E-state index contributed by atoms with van der Waals surface area (Å²) in [5, 5.41) is 13.2. The van der Waals surface area contributed by atoms with E-state index >= 15 is 0 Å². The van der Waals surface area contributed by atoms with Crippen molar-refractivity contribution in [3.8, 4) is 5.75 Å². The number of anilines is 1. The number of rotatable bonds is 4. The lowest BCUT2D eigenvalue weighted by atomic mass is 10.2. The van der Waals surface area contributed by atoms with E-state index in [1.165, 1.54) is 6.07 Å². The summed E-state index contributed by atoms with van der Waals surface area (Å²) < 4.78 is 23.0. The van der Waals surface area contributed by atoms with Crippen LogP contribution < -0.4 is 5.32 Å². The minimum Gasteiger partial charge on any atom is -0.508 e. The van der Waals surface area contributed by atoms with E-state index in [1.54, 1.807) is 36.4 Å². The van der Waals surface area contributed by atoms with E-state index < -0.39 is 9.84 Å². The molecular weight excluding hydrogens is 298 g/mol. The molecule has 0 atom stereocenters. The first-order valence-corrected chi connectivity index (χ1v) is 8.15. The lowest BCUT2D eigenvalue weighted by molar-refractivity contribution is 0.469. The molecule has 0 bridgehead atoms. The first-order chi connectivity index (χ1) is 9.38. The van der Waals surface area contributed by atoms with E-state index in [4.69, 9.17) is 11.6 Å². The number of benzene rings is 2. The quantitative estimate of drug-likeness (QED) is 0.910. The average Bonchev–Trinajstić information content (AvgIpc) is 2.37. The molecule has 6 heteroatoms. The second-order valence-electron chi connectivity index (χ2n) is 4.39. The number of halogens is 1. The minimum atomic E-state index is -3.24. The lowest BCUT2D eigenvalue weighted by Gasteiger charge is -2.10. The Morgan fingerprint density at radius 1 is 1.20 bits per heavy atom. The summed E-state index contributed by atoms with van der Waals surface area (Å²) in [5.74, 6) is 0.101. The van der Waals surface area contributed by atoms with E-state index in [9.17, 15) is 13.5 Å². The first-order valence-electron chi connectivity index (χ1n) is 5.88. The molecule has 0 radical (unpaired) electrons. The van der Waals surface area contributed by atoms with E-state index in [2.05, 4.69) is 5.32 Å². The van der Waals surface area contributed by atoms with Crippen molar-refractivity contribution >= 4 is 27.1 Å². The van der Waals surface area contributed by atoms with Crippen molar-refractivity contribution in [2.24, 2.45) is 0 Å². The van der Waals surface area contributed by atoms with Crippen LogP contribution in [0.1, 0.15) is 5.56 Å². The maximum absolute atomic E-state index is 11.5. The van der Waals surface area contributed by atoms with Crippen LogP contribution in [-0.2, 0) is 16.4 Å². The number of nitrogens with one attached hydrogen (secondary N) is 1. The van der Waals surface area contributed by atoms with Crippen molar-refractivity contribution in [3.63, 3.8) is 0 Å². The first kappa shape index (κ1) is 14.7. The highest BCUT2D eigenvalue weighted by molar-refractivity contribution is 7.90. The van der Waals surface area contributed by atoms with Crippen LogP contribution in [0.25, 0.3) is 0 Å². The molecule has 2 aromatic rings. The highest BCUT2D eigenvalue weighted by Crippen LogP contribution is 2.26. The molecule has 0 saturated heterocycles. The smallest absolute Gasteiger partial charge is 0.175 e. The molecule has 2 N–H and O–H groups in total. The fourth-order valence-electron chi connectivity index (χ4n) is 1.75. The molecule has 0 unspecified atom stereocenters. The summed E-state index contributed by atoms with van der Waals surface area (Å²) in [4.78, 5) is 0.242. The molecule has 2 rings (SSSR count). The second kappa shape index (κ2) is 5.73. The van der Waals surface area contributed by atoms with Crippen LogP contribution in [0.3, 0.4) is 0 Å². The number of hydrogen-bond donors (Lipinski definition) is 2. The molecule has 0 spiro atoms. The van der Waals surface area contributed by atoms with Gasteiger partial charge in [-0.2, -0.15) is 0 Å². The predicted molar refractivity (Wildman–Crippen MR) is 80.0 cm³/mol. The molecular formula is C14H14ClNO3S. The van der Waals surface area contributed by atoms with Crippen molar-refractivity contribution < 1.29 is 13.5 Å². The van der Waals surface area contributed by atoms with Gasteiger partial charge in [-0.15, -0.1) is 0 Å². The zero-order valence-corrected chi connectivity index (χ0v) is 12.4. The molecule has 0 aliphatic heterocycles. The van der Waals surface area contributed by atoms with Gasteiger partial charge in [0.05, 0.1) is 4.90 Å². The van der Waals surface area contributed by atoms with E-state index in [0.717, 1.165) is 6.26 Å². The number of aromatic hydroxyl groups is 1. The monoisotopic (exact) mass is 311 g/mol. The number of sulfone groups is 1. The minimum absolute atomic E-state index is 0.101. The maximum Gasteiger partial charge on any atom is 0.175 e. The van der Waals surface area contributed by atoms with Gasteiger partial charge >= 0.3 is 0 Å². The van der Waals surface area contributed by atoms with Crippen LogP contribution in [0.5, 0.6) is 5.75 Å². The zero-order chi connectivity index (χ0) is 14.8. The Balaban J connectivity index is 2.20. The molecule has 0 amide bonds. The third kappa shape index (κ3) is 3.43. The molecule has 0 aromatic heterocycles. The van der Waals surface area contributed by atoms with Gasteiger partial charge in [0.1, 0.15) is 5.75 Å². The molecule has 0 fully saturated rings. The van der Waals surface area contributed by atoms with E-state index in [1.807, 2.05) is 0 Å². The Morgan fingerprint density at radius 3 is 2.55 bits per heavy atom. The van der Waals surface area contributed by atoms with Gasteiger partial charge in [-0.1, -0.05) is 23.7 Å². The number of hydrogen-bond acceptors (Lipinski definition) is 4. The van der Waals surface area contributed by atoms with Gasteiger partial charge < -0.3 is 10.4 Å². The molecule has 2 aromatic carbocycles. The molecule has 20 heavy (non-hydrogen) atoms.